The molecular weight excluding hydrogens is 212 g/mol. The summed E-state index contributed by atoms with van der Waals surface area (Å²) < 4.78 is 0. The van der Waals surface area contributed by atoms with Crippen molar-refractivity contribution in [2.75, 3.05) is 37.1 Å². The molecule has 1 aromatic rings. The lowest BCUT2D eigenvalue weighted by atomic mass is 10.2. The SMILES string of the molecule is CCNN(c1ccccc1NC)N(CC)CC. The number of hydrogen-bond acceptors (Lipinski definition) is 4. The molecule has 0 heterocycles. The predicted molar refractivity (Wildman–Crippen MR) is 75.1 cm³/mol. The third-order valence-corrected chi connectivity index (χ3v) is 2.72. The number of nitrogens with zero attached hydrogens (tertiary/aromatic N) is 2. The zero-order valence-electron chi connectivity index (χ0n) is 11.3. The van der Waals surface area contributed by atoms with E-state index in [-0.39, 0.29) is 0 Å². The van der Waals surface area contributed by atoms with Crippen molar-refractivity contribution in [2.24, 2.45) is 0 Å². The van der Waals surface area contributed by atoms with E-state index in [1.165, 1.54) is 0 Å². The minimum Gasteiger partial charge on any atom is -0.386 e. The molecule has 17 heavy (non-hydrogen) atoms. The van der Waals surface area contributed by atoms with E-state index in [9.17, 15) is 0 Å². The number of nitrogens with one attached hydrogen (secondary N) is 2. The Morgan fingerprint density at radius 3 is 2.24 bits per heavy atom. The van der Waals surface area contributed by atoms with E-state index < -0.39 is 0 Å². The second kappa shape index (κ2) is 7.14. The molecular formula is C13H24N4. The summed E-state index contributed by atoms with van der Waals surface area (Å²) in [5.41, 5.74) is 5.67. The van der Waals surface area contributed by atoms with Crippen molar-refractivity contribution in [1.29, 1.82) is 0 Å². The molecule has 0 bridgehead atoms. The first-order valence-corrected chi connectivity index (χ1v) is 6.33. The monoisotopic (exact) mass is 236 g/mol. The fraction of sp³-hybridized carbons (Fsp3) is 0.538. The molecule has 4 heteroatoms. The lowest BCUT2D eigenvalue weighted by Gasteiger charge is -2.36. The van der Waals surface area contributed by atoms with Crippen molar-refractivity contribution < 1.29 is 0 Å². The minimum atomic E-state index is 0.897. The Kier molecular flexibility index (Phi) is 5.80. The number of benzene rings is 1. The molecule has 0 aliphatic rings. The van der Waals surface area contributed by atoms with E-state index in [1.54, 1.807) is 0 Å². The van der Waals surface area contributed by atoms with Gasteiger partial charge in [-0.15, -0.1) is 0 Å². The highest BCUT2D eigenvalue weighted by molar-refractivity contribution is 5.68. The summed E-state index contributed by atoms with van der Waals surface area (Å²) in [6.07, 6.45) is 0. The lowest BCUT2D eigenvalue weighted by molar-refractivity contribution is 0.244. The minimum absolute atomic E-state index is 0.897. The summed E-state index contributed by atoms with van der Waals surface area (Å²) in [6, 6.07) is 8.31. The Bertz CT molecular complexity index is 323. The van der Waals surface area contributed by atoms with E-state index >= 15 is 0 Å². The van der Waals surface area contributed by atoms with Gasteiger partial charge in [0.25, 0.3) is 0 Å². The van der Waals surface area contributed by atoms with E-state index in [0.29, 0.717) is 0 Å². The van der Waals surface area contributed by atoms with Gasteiger partial charge < -0.3 is 5.32 Å². The second-order valence-electron chi connectivity index (χ2n) is 3.73. The molecule has 0 aliphatic carbocycles. The number of hydrogen-bond donors (Lipinski definition) is 2. The van der Waals surface area contributed by atoms with Crippen molar-refractivity contribution in [3.63, 3.8) is 0 Å². The Labute approximate surface area is 105 Å². The maximum Gasteiger partial charge on any atom is 0.0935 e. The zero-order valence-corrected chi connectivity index (χ0v) is 11.3. The van der Waals surface area contributed by atoms with Gasteiger partial charge in [0.05, 0.1) is 11.4 Å². The van der Waals surface area contributed by atoms with Gasteiger partial charge in [-0.3, -0.25) is 0 Å². The van der Waals surface area contributed by atoms with Crippen LogP contribution in [0.25, 0.3) is 0 Å². The first-order chi connectivity index (χ1) is 8.28. The van der Waals surface area contributed by atoms with Gasteiger partial charge >= 0.3 is 0 Å². The van der Waals surface area contributed by atoms with Crippen LogP contribution in [0.4, 0.5) is 11.4 Å². The standard InChI is InChI=1S/C13H24N4/c1-5-15-17(16(6-2)7-3)13-11-9-8-10-12(13)14-4/h8-11,14-15H,5-7H2,1-4H3. The van der Waals surface area contributed by atoms with Crippen LogP contribution in [0.1, 0.15) is 20.8 Å². The number of rotatable bonds is 7. The summed E-state index contributed by atoms with van der Waals surface area (Å²) in [7, 11) is 1.95. The summed E-state index contributed by atoms with van der Waals surface area (Å²) in [5, 5.41) is 7.62. The van der Waals surface area contributed by atoms with Crippen LogP contribution in [0.5, 0.6) is 0 Å². The molecule has 96 valence electrons. The van der Waals surface area contributed by atoms with Crippen molar-refractivity contribution in [2.45, 2.75) is 20.8 Å². The maximum absolute atomic E-state index is 3.39. The number of anilines is 2. The lowest BCUT2D eigenvalue weighted by Crippen LogP contribution is -2.51. The van der Waals surface area contributed by atoms with E-state index in [1.807, 2.05) is 13.1 Å². The van der Waals surface area contributed by atoms with Crippen LogP contribution in [-0.2, 0) is 0 Å². The Morgan fingerprint density at radius 2 is 1.71 bits per heavy atom. The molecule has 0 radical (unpaired) electrons. The molecule has 2 N–H and O–H groups in total. The fourth-order valence-corrected chi connectivity index (χ4v) is 1.86. The Balaban J connectivity index is 3.03. The highest BCUT2D eigenvalue weighted by Crippen LogP contribution is 2.24. The van der Waals surface area contributed by atoms with Gasteiger partial charge in [-0.2, -0.15) is 0 Å². The largest absolute Gasteiger partial charge is 0.386 e. The highest BCUT2D eigenvalue weighted by Gasteiger charge is 2.14. The quantitative estimate of drug-likeness (QED) is 0.711. The van der Waals surface area contributed by atoms with Gasteiger partial charge in [0.1, 0.15) is 0 Å². The smallest absolute Gasteiger partial charge is 0.0935 e. The van der Waals surface area contributed by atoms with Gasteiger partial charge in [0.15, 0.2) is 0 Å². The third-order valence-electron chi connectivity index (χ3n) is 2.72. The molecule has 0 aliphatic heterocycles. The molecule has 0 atom stereocenters. The highest BCUT2D eigenvalue weighted by atomic mass is 15.8. The molecule has 0 saturated heterocycles. The summed E-state index contributed by atoms with van der Waals surface area (Å²) in [4.78, 5) is 0. The normalized spacial score (nSPS) is 10.6. The average molecular weight is 236 g/mol. The van der Waals surface area contributed by atoms with Gasteiger partial charge in [-0.1, -0.05) is 32.9 Å². The van der Waals surface area contributed by atoms with Crippen LogP contribution in [0.3, 0.4) is 0 Å². The second-order valence-corrected chi connectivity index (χ2v) is 3.73. The molecule has 0 aromatic heterocycles. The Hall–Kier alpha value is -1.26. The zero-order chi connectivity index (χ0) is 12.7. The fourth-order valence-electron chi connectivity index (χ4n) is 1.86. The van der Waals surface area contributed by atoms with Crippen molar-refractivity contribution in [3.05, 3.63) is 24.3 Å². The van der Waals surface area contributed by atoms with Crippen molar-refractivity contribution in [3.8, 4) is 0 Å². The van der Waals surface area contributed by atoms with Crippen molar-refractivity contribution >= 4 is 11.4 Å². The summed E-state index contributed by atoms with van der Waals surface area (Å²) >= 11 is 0. The molecule has 1 aromatic carbocycles. The predicted octanol–water partition coefficient (Wildman–Crippen LogP) is 2.32. The van der Waals surface area contributed by atoms with Gasteiger partial charge in [-0.25, -0.2) is 15.6 Å². The summed E-state index contributed by atoms with van der Waals surface area (Å²) in [6.45, 7) is 9.28. The van der Waals surface area contributed by atoms with Crippen LogP contribution in [0, 0.1) is 0 Å². The maximum atomic E-state index is 3.39. The molecule has 0 saturated carbocycles. The molecule has 1 rings (SSSR count). The van der Waals surface area contributed by atoms with E-state index in [2.05, 4.69) is 59.8 Å². The third kappa shape index (κ3) is 3.35. The van der Waals surface area contributed by atoms with E-state index in [4.69, 9.17) is 0 Å². The van der Waals surface area contributed by atoms with Gasteiger partial charge in [0, 0.05) is 26.7 Å². The molecule has 4 nitrogen and oxygen atoms in total. The van der Waals surface area contributed by atoms with Crippen LogP contribution in [-0.4, -0.2) is 31.7 Å². The van der Waals surface area contributed by atoms with Gasteiger partial charge in [-0.05, 0) is 12.1 Å². The van der Waals surface area contributed by atoms with Crippen LogP contribution >= 0.6 is 0 Å². The van der Waals surface area contributed by atoms with Crippen LogP contribution in [0.2, 0.25) is 0 Å². The summed E-state index contributed by atoms with van der Waals surface area (Å²) in [5.74, 6) is 0. The topological polar surface area (TPSA) is 30.5 Å². The van der Waals surface area contributed by atoms with Gasteiger partial charge in [0.2, 0.25) is 0 Å². The first-order valence-electron chi connectivity index (χ1n) is 6.33. The molecule has 0 unspecified atom stereocenters. The van der Waals surface area contributed by atoms with Crippen LogP contribution < -0.4 is 15.9 Å². The average Bonchev–Trinajstić information content (AvgIpc) is 2.39. The van der Waals surface area contributed by atoms with E-state index in [0.717, 1.165) is 31.0 Å². The van der Waals surface area contributed by atoms with Crippen molar-refractivity contribution in [1.82, 2.24) is 10.4 Å². The molecule has 0 fully saturated rings. The first kappa shape index (κ1) is 13.8. The number of para-hydroxylation sites is 2. The molecule has 0 spiro atoms. The number of hydrazine groups is 2. The van der Waals surface area contributed by atoms with Crippen LogP contribution in [0.15, 0.2) is 24.3 Å². The molecule has 0 amide bonds. The Morgan fingerprint density at radius 1 is 1.06 bits per heavy atom.